The number of rotatable bonds is 4. The molecule has 0 aliphatic rings. The SMILES string of the molecule is CC[CH-]OCOC.[Li+]. The van der Waals surface area contributed by atoms with Gasteiger partial charge in [0, 0.05) is 7.11 Å². The smallest absolute Gasteiger partial charge is 0.532 e. The van der Waals surface area contributed by atoms with Gasteiger partial charge in [-0.3, -0.25) is 0 Å². The van der Waals surface area contributed by atoms with E-state index in [1.807, 2.05) is 6.92 Å². The molecule has 0 aliphatic heterocycles. The zero-order valence-electron chi connectivity index (χ0n) is 5.81. The van der Waals surface area contributed by atoms with Crippen molar-refractivity contribution in [3.8, 4) is 0 Å². The minimum absolute atomic E-state index is 0. The fourth-order valence-corrected chi connectivity index (χ4v) is 0.234. The molecule has 0 atom stereocenters. The molecule has 0 heterocycles. The third-order valence-corrected chi connectivity index (χ3v) is 0.470. The zero-order chi connectivity index (χ0) is 5.54. The maximum atomic E-state index is 4.78. The molecule has 3 heteroatoms. The van der Waals surface area contributed by atoms with Gasteiger partial charge in [-0.25, -0.2) is 6.61 Å². The first kappa shape index (κ1) is 11.3. The first-order valence-electron chi connectivity index (χ1n) is 2.34. The summed E-state index contributed by atoms with van der Waals surface area (Å²) < 4.78 is 9.38. The van der Waals surface area contributed by atoms with E-state index in [0.29, 0.717) is 6.79 Å². The van der Waals surface area contributed by atoms with Gasteiger partial charge in [-0.05, 0) is 0 Å². The van der Waals surface area contributed by atoms with Gasteiger partial charge < -0.3 is 9.47 Å². The summed E-state index contributed by atoms with van der Waals surface area (Å²) in [7, 11) is 1.60. The minimum atomic E-state index is 0. The van der Waals surface area contributed by atoms with E-state index >= 15 is 0 Å². The number of methoxy groups -OCH3 is 1. The predicted octanol–water partition coefficient (Wildman–Crippen LogP) is -1.82. The molecular formula is C5H11LiO2. The Hall–Kier alpha value is 0.517. The number of hydrogen-bond donors (Lipinski definition) is 0. The summed E-state index contributed by atoms with van der Waals surface area (Å²) in [4.78, 5) is 0. The van der Waals surface area contributed by atoms with Crippen molar-refractivity contribution in [1.82, 2.24) is 0 Å². The molecule has 0 radical (unpaired) electrons. The second kappa shape index (κ2) is 10.5. The zero-order valence-corrected chi connectivity index (χ0v) is 5.81. The average Bonchev–Trinajstić information content (AvgIpc) is 1.69. The van der Waals surface area contributed by atoms with Gasteiger partial charge in [0.15, 0.2) is 0 Å². The molecule has 0 amide bonds. The Labute approximate surface area is 62.7 Å². The number of ether oxygens (including phenoxy) is 2. The maximum absolute atomic E-state index is 4.78. The van der Waals surface area contributed by atoms with Gasteiger partial charge >= 0.3 is 18.9 Å². The Kier molecular flexibility index (Phi) is 14.9. The molecule has 0 N–H and O–H groups in total. The van der Waals surface area contributed by atoms with E-state index < -0.39 is 0 Å². The summed E-state index contributed by atoms with van der Waals surface area (Å²) in [6.07, 6.45) is 0.934. The van der Waals surface area contributed by atoms with Crippen LogP contribution < -0.4 is 18.9 Å². The third kappa shape index (κ3) is 9.72. The molecule has 0 unspecified atom stereocenters. The van der Waals surface area contributed by atoms with E-state index in [1.165, 1.54) is 0 Å². The predicted molar refractivity (Wildman–Crippen MR) is 27.6 cm³/mol. The van der Waals surface area contributed by atoms with E-state index in [4.69, 9.17) is 4.74 Å². The molecule has 8 heavy (non-hydrogen) atoms. The molecular weight excluding hydrogens is 99.0 g/mol. The van der Waals surface area contributed by atoms with E-state index in [2.05, 4.69) is 4.74 Å². The van der Waals surface area contributed by atoms with Crippen molar-refractivity contribution in [1.29, 1.82) is 0 Å². The van der Waals surface area contributed by atoms with Crippen LogP contribution in [-0.2, 0) is 9.47 Å². The van der Waals surface area contributed by atoms with Crippen LogP contribution in [0.4, 0.5) is 0 Å². The van der Waals surface area contributed by atoms with Crippen molar-refractivity contribution in [3.05, 3.63) is 6.61 Å². The van der Waals surface area contributed by atoms with Crippen LogP contribution in [0.1, 0.15) is 13.3 Å². The number of hydrogen-bond acceptors (Lipinski definition) is 2. The largest absolute Gasteiger partial charge is 1.00 e. The van der Waals surface area contributed by atoms with Crippen LogP contribution in [0.3, 0.4) is 0 Å². The minimum Gasteiger partial charge on any atom is -0.532 e. The monoisotopic (exact) mass is 110 g/mol. The molecule has 0 aromatic rings. The van der Waals surface area contributed by atoms with Crippen LogP contribution in [-0.4, -0.2) is 13.9 Å². The average molecular weight is 110 g/mol. The van der Waals surface area contributed by atoms with Crippen LogP contribution in [0.25, 0.3) is 0 Å². The van der Waals surface area contributed by atoms with Crippen molar-refractivity contribution in [2.24, 2.45) is 0 Å². The Bertz CT molecular complexity index is 29.6. The second-order valence-corrected chi connectivity index (χ2v) is 1.15. The third-order valence-electron chi connectivity index (χ3n) is 0.470. The molecule has 0 rings (SSSR count). The molecule has 0 aliphatic carbocycles. The fourth-order valence-electron chi connectivity index (χ4n) is 0.234. The van der Waals surface area contributed by atoms with E-state index in [9.17, 15) is 0 Å². The van der Waals surface area contributed by atoms with Crippen molar-refractivity contribution in [2.75, 3.05) is 13.9 Å². The molecule has 0 saturated carbocycles. The summed E-state index contributed by atoms with van der Waals surface area (Å²) >= 11 is 0. The topological polar surface area (TPSA) is 18.5 Å². The molecule has 44 valence electrons. The molecule has 0 bridgehead atoms. The summed E-state index contributed by atoms with van der Waals surface area (Å²) in [6, 6.07) is 0. The van der Waals surface area contributed by atoms with Crippen LogP contribution in [0.5, 0.6) is 0 Å². The second-order valence-electron chi connectivity index (χ2n) is 1.15. The van der Waals surface area contributed by atoms with Crippen molar-refractivity contribution in [3.63, 3.8) is 0 Å². The van der Waals surface area contributed by atoms with Gasteiger partial charge in [0.1, 0.15) is 6.79 Å². The molecule has 0 saturated heterocycles. The van der Waals surface area contributed by atoms with Crippen LogP contribution in [0.2, 0.25) is 0 Å². The van der Waals surface area contributed by atoms with Gasteiger partial charge in [-0.15, -0.1) is 0 Å². The summed E-state index contributed by atoms with van der Waals surface area (Å²) in [6.45, 7) is 4.09. The van der Waals surface area contributed by atoms with Gasteiger partial charge in [-0.1, -0.05) is 6.92 Å². The molecule has 0 fully saturated rings. The first-order chi connectivity index (χ1) is 3.41. The van der Waals surface area contributed by atoms with E-state index in [-0.39, 0.29) is 18.9 Å². The van der Waals surface area contributed by atoms with Gasteiger partial charge in [0.2, 0.25) is 0 Å². The summed E-state index contributed by atoms with van der Waals surface area (Å²) in [5.41, 5.74) is 0. The molecule has 0 aromatic heterocycles. The van der Waals surface area contributed by atoms with E-state index in [1.54, 1.807) is 13.7 Å². The molecule has 0 aromatic carbocycles. The Balaban J connectivity index is 0. The normalized spacial score (nSPS) is 8.25. The Morgan fingerprint density at radius 2 is 2.12 bits per heavy atom. The quantitative estimate of drug-likeness (QED) is 0.184. The fraction of sp³-hybridized carbons (Fsp3) is 0.800. The molecule has 0 spiro atoms. The first-order valence-corrected chi connectivity index (χ1v) is 2.34. The van der Waals surface area contributed by atoms with Crippen molar-refractivity contribution in [2.45, 2.75) is 13.3 Å². The van der Waals surface area contributed by atoms with E-state index in [0.717, 1.165) is 6.42 Å². The Morgan fingerprint density at radius 1 is 1.50 bits per heavy atom. The Morgan fingerprint density at radius 3 is 2.50 bits per heavy atom. The van der Waals surface area contributed by atoms with Gasteiger partial charge in [0.05, 0.1) is 0 Å². The van der Waals surface area contributed by atoms with Crippen molar-refractivity contribution < 1.29 is 28.3 Å². The van der Waals surface area contributed by atoms with Crippen LogP contribution in [0.15, 0.2) is 0 Å². The van der Waals surface area contributed by atoms with Crippen LogP contribution >= 0.6 is 0 Å². The maximum Gasteiger partial charge on any atom is 1.00 e. The van der Waals surface area contributed by atoms with Gasteiger partial charge in [0.25, 0.3) is 0 Å². The summed E-state index contributed by atoms with van der Waals surface area (Å²) in [5, 5.41) is 0. The van der Waals surface area contributed by atoms with Crippen LogP contribution in [0, 0.1) is 6.61 Å². The standard InChI is InChI=1S/C5H11O2.Li/c1-3-4-7-5-6-2;/h4H,3,5H2,1-2H3;/q-1;+1. The summed E-state index contributed by atoms with van der Waals surface area (Å²) in [5.74, 6) is 0. The van der Waals surface area contributed by atoms with Gasteiger partial charge in [-0.2, -0.15) is 6.42 Å². The molecule has 2 nitrogen and oxygen atoms in total. The van der Waals surface area contributed by atoms with Crippen molar-refractivity contribution >= 4 is 0 Å².